The highest BCUT2D eigenvalue weighted by atomic mass is 16.4. The monoisotopic (exact) mass is 258 g/mol. The summed E-state index contributed by atoms with van der Waals surface area (Å²) in [5.74, 6) is 0.0279. The number of nitrogen functional groups attached to an aromatic ring is 1. The Labute approximate surface area is 112 Å². The van der Waals surface area contributed by atoms with E-state index in [1.54, 1.807) is 0 Å². The Morgan fingerprint density at radius 1 is 1.21 bits per heavy atom. The molecule has 0 aliphatic rings. The largest absolute Gasteiger partial charge is 0.420 e. The van der Waals surface area contributed by atoms with Gasteiger partial charge in [-0.25, -0.2) is 0 Å². The molecule has 0 spiro atoms. The first-order chi connectivity index (χ1) is 8.79. The Hall–Kier alpha value is -2.10. The topological polar surface area (TPSA) is 69.1 Å². The van der Waals surface area contributed by atoms with Gasteiger partial charge >= 0.3 is 0 Å². The van der Waals surface area contributed by atoms with Crippen LogP contribution in [0.3, 0.4) is 0 Å². The Kier molecular flexibility index (Phi) is 3.18. The van der Waals surface area contributed by atoms with Gasteiger partial charge in [0.25, 0.3) is 6.01 Å². The lowest BCUT2D eigenvalue weighted by molar-refractivity contribution is 0.0989. The minimum absolute atomic E-state index is 0.0140. The summed E-state index contributed by atoms with van der Waals surface area (Å²) in [5.41, 5.74) is 8.17. The van der Waals surface area contributed by atoms with Crippen molar-refractivity contribution >= 4 is 11.8 Å². The standard InChI is InChI=1S/C15H18N2O2/c1-9(18)13-12(17-14(16)19-13)10-5-7-11(8-6-10)15(2,3)4/h5-8H,1-4H3,(H2,16,17). The van der Waals surface area contributed by atoms with E-state index in [1.165, 1.54) is 12.5 Å². The molecule has 0 aliphatic heterocycles. The number of rotatable bonds is 2. The molecule has 100 valence electrons. The van der Waals surface area contributed by atoms with Crippen LogP contribution >= 0.6 is 0 Å². The maximum Gasteiger partial charge on any atom is 0.293 e. The molecule has 19 heavy (non-hydrogen) atoms. The summed E-state index contributed by atoms with van der Waals surface area (Å²) in [6, 6.07) is 7.95. The van der Waals surface area contributed by atoms with Crippen LogP contribution in [0.25, 0.3) is 11.3 Å². The molecule has 1 aromatic carbocycles. The van der Waals surface area contributed by atoms with Gasteiger partial charge < -0.3 is 10.2 Å². The molecule has 0 amide bonds. The molecule has 0 aliphatic carbocycles. The second-order valence-corrected chi connectivity index (χ2v) is 5.61. The van der Waals surface area contributed by atoms with E-state index in [-0.39, 0.29) is 23.0 Å². The van der Waals surface area contributed by atoms with Crippen LogP contribution in [0.2, 0.25) is 0 Å². The Morgan fingerprint density at radius 2 is 1.79 bits per heavy atom. The van der Waals surface area contributed by atoms with Gasteiger partial charge in [0.15, 0.2) is 11.5 Å². The Morgan fingerprint density at radius 3 is 2.26 bits per heavy atom. The fraction of sp³-hybridized carbons (Fsp3) is 0.333. The van der Waals surface area contributed by atoms with E-state index in [4.69, 9.17) is 10.2 Å². The van der Waals surface area contributed by atoms with Crippen molar-refractivity contribution in [2.45, 2.75) is 33.1 Å². The van der Waals surface area contributed by atoms with Gasteiger partial charge in [0, 0.05) is 12.5 Å². The summed E-state index contributed by atoms with van der Waals surface area (Å²) in [7, 11) is 0. The molecule has 0 saturated heterocycles. The van der Waals surface area contributed by atoms with Gasteiger partial charge in [0.2, 0.25) is 0 Å². The average Bonchev–Trinajstić information content (AvgIpc) is 2.70. The van der Waals surface area contributed by atoms with E-state index in [1.807, 2.05) is 24.3 Å². The predicted molar refractivity (Wildman–Crippen MR) is 75.1 cm³/mol. The lowest BCUT2D eigenvalue weighted by Gasteiger charge is -2.18. The van der Waals surface area contributed by atoms with E-state index in [0.29, 0.717) is 5.69 Å². The molecule has 4 nitrogen and oxygen atoms in total. The Balaban J connectivity index is 2.46. The summed E-state index contributed by atoms with van der Waals surface area (Å²) >= 11 is 0. The lowest BCUT2D eigenvalue weighted by Crippen LogP contribution is -2.10. The first-order valence-electron chi connectivity index (χ1n) is 6.17. The number of aromatic nitrogens is 1. The predicted octanol–water partition coefficient (Wildman–Crippen LogP) is 3.42. The maximum absolute atomic E-state index is 11.5. The minimum atomic E-state index is -0.181. The van der Waals surface area contributed by atoms with Crippen molar-refractivity contribution in [1.29, 1.82) is 0 Å². The van der Waals surface area contributed by atoms with Crippen LogP contribution in [0.1, 0.15) is 43.8 Å². The molecule has 2 rings (SSSR count). The van der Waals surface area contributed by atoms with E-state index in [9.17, 15) is 4.79 Å². The molecule has 1 aromatic heterocycles. The molecular weight excluding hydrogens is 240 g/mol. The van der Waals surface area contributed by atoms with Gasteiger partial charge in [-0.1, -0.05) is 45.0 Å². The second-order valence-electron chi connectivity index (χ2n) is 5.61. The number of nitrogens with zero attached hydrogens (tertiary/aromatic N) is 1. The van der Waals surface area contributed by atoms with Crippen molar-refractivity contribution < 1.29 is 9.21 Å². The molecule has 0 saturated carbocycles. The van der Waals surface area contributed by atoms with Crippen LogP contribution < -0.4 is 5.73 Å². The summed E-state index contributed by atoms with van der Waals surface area (Å²) in [6.45, 7) is 7.89. The van der Waals surface area contributed by atoms with E-state index in [0.717, 1.165) is 5.56 Å². The van der Waals surface area contributed by atoms with Gasteiger partial charge in [0.1, 0.15) is 5.69 Å². The van der Waals surface area contributed by atoms with Gasteiger partial charge in [0.05, 0.1) is 0 Å². The van der Waals surface area contributed by atoms with Crippen LogP contribution in [0.4, 0.5) is 6.01 Å². The van der Waals surface area contributed by atoms with Crippen LogP contribution in [0.5, 0.6) is 0 Å². The van der Waals surface area contributed by atoms with Crippen molar-refractivity contribution in [1.82, 2.24) is 4.98 Å². The van der Waals surface area contributed by atoms with Crippen LogP contribution in [-0.2, 0) is 5.41 Å². The van der Waals surface area contributed by atoms with Gasteiger partial charge in [-0.15, -0.1) is 0 Å². The quantitative estimate of drug-likeness (QED) is 0.838. The fourth-order valence-corrected chi connectivity index (χ4v) is 1.90. The minimum Gasteiger partial charge on any atom is -0.420 e. The third kappa shape index (κ3) is 2.67. The number of benzene rings is 1. The number of hydrogen-bond donors (Lipinski definition) is 1. The van der Waals surface area contributed by atoms with Crippen molar-refractivity contribution in [3.8, 4) is 11.3 Å². The van der Waals surface area contributed by atoms with Gasteiger partial charge in [-0.3, -0.25) is 4.79 Å². The molecule has 1 heterocycles. The van der Waals surface area contributed by atoms with Crippen LogP contribution in [0, 0.1) is 0 Å². The summed E-state index contributed by atoms with van der Waals surface area (Å²) in [6.07, 6.45) is 0. The first kappa shape index (κ1) is 13.3. The van der Waals surface area contributed by atoms with Crippen molar-refractivity contribution in [2.24, 2.45) is 0 Å². The third-order valence-corrected chi connectivity index (χ3v) is 2.99. The number of anilines is 1. The number of carbonyl (C=O) groups excluding carboxylic acids is 1. The molecule has 2 aromatic rings. The summed E-state index contributed by atoms with van der Waals surface area (Å²) < 4.78 is 5.15. The van der Waals surface area contributed by atoms with Gasteiger partial charge in [-0.2, -0.15) is 4.98 Å². The zero-order valence-corrected chi connectivity index (χ0v) is 11.7. The highest BCUT2D eigenvalue weighted by Gasteiger charge is 2.18. The van der Waals surface area contributed by atoms with Crippen LogP contribution in [-0.4, -0.2) is 10.8 Å². The highest BCUT2D eigenvalue weighted by Crippen LogP contribution is 2.28. The van der Waals surface area contributed by atoms with Crippen molar-refractivity contribution in [3.63, 3.8) is 0 Å². The maximum atomic E-state index is 11.5. The van der Waals surface area contributed by atoms with Crippen molar-refractivity contribution in [2.75, 3.05) is 5.73 Å². The molecule has 0 unspecified atom stereocenters. The van der Waals surface area contributed by atoms with E-state index < -0.39 is 0 Å². The summed E-state index contributed by atoms with van der Waals surface area (Å²) in [5, 5.41) is 0. The molecule has 0 radical (unpaired) electrons. The molecule has 4 heteroatoms. The Bertz CT molecular complexity index is 604. The molecule has 0 atom stereocenters. The molecule has 2 N–H and O–H groups in total. The number of Topliss-reactive ketones (excluding diaryl/α,β-unsaturated/α-hetero) is 1. The number of hydrogen-bond acceptors (Lipinski definition) is 4. The third-order valence-electron chi connectivity index (χ3n) is 2.99. The van der Waals surface area contributed by atoms with E-state index in [2.05, 4.69) is 25.8 Å². The second kappa shape index (κ2) is 4.53. The van der Waals surface area contributed by atoms with E-state index >= 15 is 0 Å². The highest BCUT2D eigenvalue weighted by molar-refractivity contribution is 5.97. The zero-order chi connectivity index (χ0) is 14.2. The lowest BCUT2D eigenvalue weighted by atomic mass is 9.86. The number of ketones is 1. The summed E-state index contributed by atoms with van der Waals surface area (Å²) in [4.78, 5) is 15.6. The van der Waals surface area contributed by atoms with Crippen LogP contribution in [0.15, 0.2) is 28.7 Å². The smallest absolute Gasteiger partial charge is 0.293 e. The molecule has 0 fully saturated rings. The molecular formula is C15H18N2O2. The number of oxazole rings is 1. The first-order valence-corrected chi connectivity index (χ1v) is 6.17. The number of nitrogens with two attached hydrogens (primary N) is 1. The normalized spacial score (nSPS) is 11.6. The fourth-order valence-electron chi connectivity index (χ4n) is 1.90. The molecule has 0 bridgehead atoms. The average molecular weight is 258 g/mol. The SMILES string of the molecule is CC(=O)c1oc(N)nc1-c1ccc(C(C)(C)C)cc1. The number of carbonyl (C=O) groups is 1. The zero-order valence-electron chi connectivity index (χ0n) is 11.7. The van der Waals surface area contributed by atoms with Crippen molar-refractivity contribution in [3.05, 3.63) is 35.6 Å². The van der Waals surface area contributed by atoms with Gasteiger partial charge in [-0.05, 0) is 11.0 Å².